The summed E-state index contributed by atoms with van der Waals surface area (Å²) in [6.07, 6.45) is 2.80. The van der Waals surface area contributed by atoms with E-state index in [-0.39, 0.29) is 18.9 Å². The summed E-state index contributed by atoms with van der Waals surface area (Å²) in [5.41, 5.74) is 0. The molecule has 0 spiro atoms. The van der Waals surface area contributed by atoms with E-state index in [0.717, 1.165) is 19.4 Å². The zero-order valence-corrected chi connectivity index (χ0v) is 10.1. The van der Waals surface area contributed by atoms with Crippen molar-refractivity contribution in [2.45, 2.75) is 44.6 Å². The molecular weight excluding hydrogens is 242 g/mol. The standard InChI is InChI=1S/C6H10O4.C5H9NO2/c7-5(8)3-1-2-4-6(9)10;7-5(8)4-2-1-3-6-4/h1-4H2,(H,7,8)(H,9,10);4,6H,1-3H2,(H,7,8)/t;4-/m.0/s1. The van der Waals surface area contributed by atoms with Gasteiger partial charge in [-0.15, -0.1) is 0 Å². The van der Waals surface area contributed by atoms with E-state index >= 15 is 0 Å². The topological polar surface area (TPSA) is 124 Å². The third kappa shape index (κ3) is 9.59. The molecule has 4 N–H and O–H groups in total. The van der Waals surface area contributed by atoms with E-state index in [4.69, 9.17) is 15.3 Å². The summed E-state index contributed by atoms with van der Waals surface area (Å²) in [5.74, 6) is -2.46. The van der Waals surface area contributed by atoms with Crippen LogP contribution < -0.4 is 5.32 Å². The van der Waals surface area contributed by atoms with Crippen LogP contribution in [0.15, 0.2) is 0 Å². The van der Waals surface area contributed by atoms with Gasteiger partial charge in [0.05, 0.1) is 0 Å². The summed E-state index contributed by atoms with van der Waals surface area (Å²) in [6.45, 7) is 0.858. The number of unbranched alkanes of at least 4 members (excludes halogenated alkanes) is 1. The number of hydrogen-bond acceptors (Lipinski definition) is 4. The van der Waals surface area contributed by atoms with Gasteiger partial charge in [0, 0.05) is 12.8 Å². The highest BCUT2D eigenvalue weighted by Gasteiger charge is 2.20. The molecule has 0 unspecified atom stereocenters. The molecule has 0 aromatic rings. The molecule has 1 heterocycles. The lowest BCUT2D eigenvalue weighted by atomic mass is 10.2. The van der Waals surface area contributed by atoms with E-state index in [0.29, 0.717) is 12.8 Å². The highest BCUT2D eigenvalue weighted by Crippen LogP contribution is 2.03. The average Bonchev–Trinajstić information content (AvgIpc) is 2.78. The predicted octanol–water partition coefficient (Wildman–Crippen LogP) is 0.539. The Morgan fingerprint density at radius 2 is 1.50 bits per heavy atom. The molecule has 1 saturated heterocycles. The zero-order valence-electron chi connectivity index (χ0n) is 10.1. The van der Waals surface area contributed by atoms with Crippen molar-refractivity contribution >= 4 is 17.9 Å². The molecule has 1 fully saturated rings. The quantitative estimate of drug-likeness (QED) is 0.514. The lowest BCUT2D eigenvalue weighted by Gasteiger charge is -1.99. The molecule has 0 amide bonds. The van der Waals surface area contributed by atoms with Crippen molar-refractivity contribution < 1.29 is 29.7 Å². The summed E-state index contributed by atoms with van der Waals surface area (Å²) < 4.78 is 0. The van der Waals surface area contributed by atoms with Crippen molar-refractivity contribution in [2.75, 3.05) is 6.54 Å². The van der Waals surface area contributed by atoms with E-state index in [1.165, 1.54) is 0 Å². The number of nitrogens with one attached hydrogen (secondary N) is 1. The molecule has 0 aliphatic carbocycles. The number of carboxylic acids is 3. The first-order valence-corrected chi connectivity index (χ1v) is 5.83. The normalized spacial score (nSPS) is 17.7. The molecule has 0 bridgehead atoms. The molecule has 1 aliphatic rings. The minimum Gasteiger partial charge on any atom is -0.481 e. The highest BCUT2D eigenvalue weighted by molar-refractivity contribution is 5.73. The summed E-state index contributed by atoms with van der Waals surface area (Å²) in [7, 11) is 0. The van der Waals surface area contributed by atoms with Crippen LogP contribution >= 0.6 is 0 Å². The van der Waals surface area contributed by atoms with Crippen LogP contribution in [0, 0.1) is 0 Å². The first kappa shape index (κ1) is 16.4. The van der Waals surface area contributed by atoms with Gasteiger partial charge in [-0.25, -0.2) is 0 Å². The van der Waals surface area contributed by atoms with Crippen LogP contribution in [0.25, 0.3) is 0 Å². The summed E-state index contributed by atoms with van der Waals surface area (Å²) >= 11 is 0. The van der Waals surface area contributed by atoms with Gasteiger partial charge in [0.2, 0.25) is 0 Å². The molecule has 18 heavy (non-hydrogen) atoms. The van der Waals surface area contributed by atoms with Crippen LogP contribution in [-0.2, 0) is 14.4 Å². The largest absolute Gasteiger partial charge is 0.481 e. The molecule has 104 valence electrons. The van der Waals surface area contributed by atoms with E-state index in [1.54, 1.807) is 0 Å². The number of rotatable bonds is 6. The Kier molecular flexibility index (Phi) is 8.55. The second-order valence-corrected chi connectivity index (χ2v) is 3.98. The maximum absolute atomic E-state index is 10.1. The van der Waals surface area contributed by atoms with Crippen molar-refractivity contribution in [3.8, 4) is 0 Å². The van der Waals surface area contributed by atoms with Crippen LogP contribution in [0.4, 0.5) is 0 Å². The molecule has 1 atom stereocenters. The SMILES string of the molecule is O=C(O)CCCCC(=O)O.O=C(O)[C@@H]1CCCN1. The van der Waals surface area contributed by atoms with Crippen molar-refractivity contribution in [1.29, 1.82) is 0 Å². The fraction of sp³-hybridized carbons (Fsp3) is 0.727. The second kappa shape index (κ2) is 9.41. The Bertz CT molecular complexity index is 269. The molecule has 0 aromatic carbocycles. The summed E-state index contributed by atoms with van der Waals surface area (Å²) in [4.78, 5) is 29.9. The van der Waals surface area contributed by atoms with Gasteiger partial charge in [-0.05, 0) is 32.2 Å². The lowest BCUT2D eigenvalue weighted by molar-refractivity contribution is -0.139. The maximum Gasteiger partial charge on any atom is 0.320 e. The highest BCUT2D eigenvalue weighted by atomic mass is 16.4. The van der Waals surface area contributed by atoms with Crippen LogP contribution in [-0.4, -0.2) is 45.8 Å². The molecule has 0 aromatic heterocycles. The smallest absolute Gasteiger partial charge is 0.320 e. The predicted molar refractivity (Wildman–Crippen MR) is 62.4 cm³/mol. The van der Waals surface area contributed by atoms with Crippen LogP contribution in [0.1, 0.15) is 38.5 Å². The minimum absolute atomic E-state index is 0.0628. The molecule has 0 saturated carbocycles. The third-order valence-corrected chi connectivity index (χ3v) is 2.39. The number of carbonyl (C=O) groups is 3. The van der Waals surface area contributed by atoms with Crippen molar-refractivity contribution in [1.82, 2.24) is 5.32 Å². The van der Waals surface area contributed by atoms with Gasteiger partial charge >= 0.3 is 17.9 Å². The Balaban J connectivity index is 0.000000327. The van der Waals surface area contributed by atoms with Crippen molar-refractivity contribution in [3.63, 3.8) is 0 Å². The number of carboxylic acid groups (broad SMARTS) is 3. The molecule has 0 radical (unpaired) electrons. The molecular formula is C11H19NO6. The molecule has 7 heteroatoms. The van der Waals surface area contributed by atoms with Crippen LogP contribution in [0.3, 0.4) is 0 Å². The van der Waals surface area contributed by atoms with Gasteiger partial charge in [-0.3, -0.25) is 14.4 Å². The lowest BCUT2D eigenvalue weighted by Crippen LogP contribution is -2.29. The fourth-order valence-corrected chi connectivity index (χ4v) is 1.45. The second-order valence-electron chi connectivity index (χ2n) is 3.98. The number of aliphatic carboxylic acids is 3. The Morgan fingerprint density at radius 3 is 1.72 bits per heavy atom. The Morgan fingerprint density at radius 1 is 1.00 bits per heavy atom. The van der Waals surface area contributed by atoms with E-state index in [2.05, 4.69) is 5.32 Å². The van der Waals surface area contributed by atoms with E-state index in [1.807, 2.05) is 0 Å². The van der Waals surface area contributed by atoms with Gasteiger partial charge in [0.15, 0.2) is 0 Å². The Hall–Kier alpha value is -1.63. The maximum atomic E-state index is 10.1. The number of hydrogen-bond donors (Lipinski definition) is 4. The first-order valence-electron chi connectivity index (χ1n) is 5.83. The third-order valence-electron chi connectivity index (χ3n) is 2.39. The van der Waals surface area contributed by atoms with Gasteiger partial charge in [0.25, 0.3) is 0 Å². The van der Waals surface area contributed by atoms with Crippen molar-refractivity contribution in [2.24, 2.45) is 0 Å². The van der Waals surface area contributed by atoms with Crippen molar-refractivity contribution in [3.05, 3.63) is 0 Å². The molecule has 1 rings (SSSR count). The Labute approximate surface area is 105 Å². The molecule has 7 nitrogen and oxygen atoms in total. The van der Waals surface area contributed by atoms with E-state index in [9.17, 15) is 14.4 Å². The van der Waals surface area contributed by atoms with E-state index < -0.39 is 17.9 Å². The van der Waals surface area contributed by atoms with Gasteiger partial charge in [0.1, 0.15) is 6.04 Å². The monoisotopic (exact) mass is 261 g/mol. The summed E-state index contributed by atoms with van der Waals surface area (Å²) in [6, 6.07) is -0.269. The minimum atomic E-state index is -0.870. The average molecular weight is 261 g/mol. The zero-order chi connectivity index (χ0) is 14.0. The summed E-state index contributed by atoms with van der Waals surface area (Å²) in [5, 5.41) is 27.5. The first-order chi connectivity index (χ1) is 8.43. The fourth-order valence-electron chi connectivity index (χ4n) is 1.45. The van der Waals surface area contributed by atoms with Crippen LogP contribution in [0.2, 0.25) is 0 Å². The van der Waals surface area contributed by atoms with Gasteiger partial charge in [-0.1, -0.05) is 0 Å². The van der Waals surface area contributed by atoms with Gasteiger partial charge < -0.3 is 20.6 Å². The van der Waals surface area contributed by atoms with Crippen LogP contribution in [0.5, 0.6) is 0 Å². The molecule has 1 aliphatic heterocycles. The van der Waals surface area contributed by atoms with Gasteiger partial charge in [-0.2, -0.15) is 0 Å².